The molecule has 2 atom stereocenters. The minimum absolute atomic E-state index is 0.0808. The first-order chi connectivity index (χ1) is 11.9. The Bertz CT molecular complexity index is 756. The maximum Gasteiger partial charge on any atom is 0.184 e. The molecule has 26 heavy (non-hydrogen) atoms. The number of rotatable bonds is 4. The van der Waals surface area contributed by atoms with Crippen LogP contribution in [-0.2, 0) is 8.85 Å². The molecule has 2 aromatic carbocycles. The number of fused-ring (bicyclic) bond motifs is 3. The van der Waals surface area contributed by atoms with E-state index in [2.05, 4.69) is 108 Å². The quantitative estimate of drug-likeness (QED) is 0.390. The topological polar surface area (TPSA) is 18.5 Å². The van der Waals surface area contributed by atoms with Gasteiger partial charge in [0, 0.05) is 8.95 Å². The molecule has 0 aliphatic heterocycles. The Balaban J connectivity index is 2.24. The SMILES string of the molecule is C[Si](C)(C)OC1c2cc(Br)ccc2-c2ccc(Br)cc2C1O[Si](C)(C)C. The molecule has 0 spiro atoms. The molecule has 1 aliphatic carbocycles. The van der Waals surface area contributed by atoms with Crippen molar-refractivity contribution in [3.8, 4) is 11.1 Å². The summed E-state index contributed by atoms with van der Waals surface area (Å²) >= 11 is 7.29. The molecule has 0 heterocycles. The summed E-state index contributed by atoms with van der Waals surface area (Å²) in [4.78, 5) is 0. The Morgan fingerprint density at radius 1 is 0.654 bits per heavy atom. The fourth-order valence-corrected chi connectivity index (χ4v) is 6.15. The maximum atomic E-state index is 6.72. The molecule has 1 aliphatic rings. The van der Waals surface area contributed by atoms with Crippen LogP contribution >= 0.6 is 31.9 Å². The summed E-state index contributed by atoms with van der Waals surface area (Å²) in [6.07, 6.45) is -0.162. The first kappa shape index (κ1) is 20.5. The standard InChI is InChI=1S/C20H26Br2O2Si2/c1-25(2,3)23-19-17-11-13(21)7-9-15(17)16-10-8-14(22)12-18(16)20(19)24-26(4,5)6/h7-12,19-20H,1-6H3. The Kier molecular flexibility index (Phi) is 5.75. The molecule has 140 valence electrons. The van der Waals surface area contributed by atoms with E-state index in [1.54, 1.807) is 0 Å². The van der Waals surface area contributed by atoms with Crippen molar-refractivity contribution in [2.24, 2.45) is 0 Å². The van der Waals surface area contributed by atoms with Crippen LogP contribution in [0.25, 0.3) is 11.1 Å². The van der Waals surface area contributed by atoms with Crippen molar-refractivity contribution in [1.29, 1.82) is 0 Å². The summed E-state index contributed by atoms with van der Waals surface area (Å²) < 4.78 is 15.6. The molecular weight excluding hydrogens is 488 g/mol. The Morgan fingerprint density at radius 3 is 1.31 bits per heavy atom. The number of hydrogen-bond acceptors (Lipinski definition) is 2. The molecule has 0 N–H and O–H groups in total. The average molecular weight is 514 g/mol. The van der Waals surface area contributed by atoms with Gasteiger partial charge in [0.2, 0.25) is 0 Å². The molecule has 2 nitrogen and oxygen atoms in total. The van der Waals surface area contributed by atoms with E-state index < -0.39 is 16.6 Å². The predicted molar refractivity (Wildman–Crippen MR) is 122 cm³/mol. The van der Waals surface area contributed by atoms with Crippen LogP contribution in [0.2, 0.25) is 39.3 Å². The summed E-state index contributed by atoms with van der Waals surface area (Å²) in [6, 6.07) is 13.0. The molecule has 2 aromatic rings. The molecule has 0 fully saturated rings. The van der Waals surface area contributed by atoms with Gasteiger partial charge in [0.25, 0.3) is 0 Å². The highest BCUT2D eigenvalue weighted by molar-refractivity contribution is 9.10. The lowest BCUT2D eigenvalue weighted by molar-refractivity contribution is 0.0405. The van der Waals surface area contributed by atoms with Gasteiger partial charge in [0.1, 0.15) is 12.2 Å². The second kappa shape index (κ2) is 7.30. The molecule has 2 unspecified atom stereocenters. The first-order valence-corrected chi connectivity index (χ1v) is 17.3. The van der Waals surface area contributed by atoms with Crippen molar-refractivity contribution >= 4 is 48.5 Å². The molecule has 3 rings (SSSR count). The number of benzene rings is 2. The highest BCUT2D eigenvalue weighted by Crippen LogP contribution is 2.51. The van der Waals surface area contributed by atoms with E-state index in [0.717, 1.165) is 8.95 Å². The zero-order chi connectivity index (χ0) is 19.3. The fraction of sp³-hybridized carbons (Fsp3) is 0.400. The van der Waals surface area contributed by atoms with Crippen LogP contribution in [0, 0.1) is 0 Å². The first-order valence-electron chi connectivity index (χ1n) is 8.89. The third kappa shape index (κ3) is 4.59. The van der Waals surface area contributed by atoms with Crippen molar-refractivity contribution in [3.63, 3.8) is 0 Å². The monoisotopic (exact) mass is 512 g/mol. The summed E-state index contributed by atoms with van der Waals surface area (Å²) in [6.45, 7) is 13.5. The Hall–Kier alpha value is -0.246. The fourth-order valence-electron chi connectivity index (χ4n) is 3.37. The second-order valence-corrected chi connectivity index (χ2v) is 19.5. The molecule has 0 saturated carbocycles. The van der Waals surface area contributed by atoms with Crippen molar-refractivity contribution in [2.75, 3.05) is 0 Å². The van der Waals surface area contributed by atoms with Crippen molar-refractivity contribution < 1.29 is 8.85 Å². The van der Waals surface area contributed by atoms with Gasteiger partial charge in [-0.05, 0) is 85.8 Å². The van der Waals surface area contributed by atoms with E-state index in [4.69, 9.17) is 8.85 Å². The summed E-state index contributed by atoms with van der Waals surface area (Å²) in [5, 5.41) is 0. The van der Waals surface area contributed by atoms with Gasteiger partial charge in [-0.2, -0.15) is 0 Å². The van der Waals surface area contributed by atoms with Crippen LogP contribution in [0.3, 0.4) is 0 Å². The van der Waals surface area contributed by atoms with E-state index in [1.165, 1.54) is 22.3 Å². The van der Waals surface area contributed by atoms with Crippen LogP contribution in [0.15, 0.2) is 45.3 Å². The van der Waals surface area contributed by atoms with Gasteiger partial charge in [0.15, 0.2) is 16.6 Å². The molecular formula is C20H26Br2O2Si2. The van der Waals surface area contributed by atoms with Gasteiger partial charge < -0.3 is 8.85 Å². The van der Waals surface area contributed by atoms with Crippen LogP contribution in [0.1, 0.15) is 23.3 Å². The lowest BCUT2D eigenvalue weighted by Gasteiger charge is -2.41. The lowest BCUT2D eigenvalue weighted by Crippen LogP contribution is -2.37. The van der Waals surface area contributed by atoms with E-state index in [1.807, 2.05) is 0 Å². The van der Waals surface area contributed by atoms with Crippen molar-refractivity contribution in [3.05, 3.63) is 56.5 Å². The third-order valence-electron chi connectivity index (χ3n) is 4.17. The molecule has 0 bridgehead atoms. The van der Waals surface area contributed by atoms with E-state index in [-0.39, 0.29) is 12.2 Å². The summed E-state index contributed by atoms with van der Waals surface area (Å²) in [5.41, 5.74) is 4.93. The second-order valence-electron chi connectivity index (χ2n) is 8.76. The zero-order valence-electron chi connectivity index (χ0n) is 16.2. The van der Waals surface area contributed by atoms with Gasteiger partial charge in [-0.25, -0.2) is 0 Å². The van der Waals surface area contributed by atoms with Crippen molar-refractivity contribution in [1.82, 2.24) is 0 Å². The molecule has 6 heteroatoms. The predicted octanol–water partition coefficient (Wildman–Crippen LogP) is 7.68. The van der Waals surface area contributed by atoms with Crippen LogP contribution in [-0.4, -0.2) is 16.6 Å². The van der Waals surface area contributed by atoms with Gasteiger partial charge in [-0.1, -0.05) is 44.0 Å². The average Bonchev–Trinajstić information content (AvgIpc) is 2.48. The number of halogens is 2. The van der Waals surface area contributed by atoms with E-state index in [9.17, 15) is 0 Å². The van der Waals surface area contributed by atoms with Crippen LogP contribution in [0.5, 0.6) is 0 Å². The normalized spacial score (nSPS) is 19.8. The van der Waals surface area contributed by atoms with Gasteiger partial charge in [-0.15, -0.1) is 0 Å². The highest BCUT2D eigenvalue weighted by atomic mass is 79.9. The lowest BCUT2D eigenvalue weighted by atomic mass is 9.82. The smallest absolute Gasteiger partial charge is 0.184 e. The van der Waals surface area contributed by atoms with Crippen LogP contribution in [0.4, 0.5) is 0 Å². The molecule has 0 aromatic heterocycles. The van der Waals surface area contributed by atoms with Gasteiger partial charge in [-0.3, -0.25) is 0 Å². The largest absolute Gasteiger partial charge is 0.408 e. The van der Waals surface area contributed by atoms with E-state index >= 15 is 0 Å². The van der Waals surface area contributed by atoms with Gasteiger partial charge in [0.05, 0.1) is 0 Å². The van der Waals surface area contributed by atoms with Crippen LogP contribution < -0.4 is 0 Å². The van der Waals surface area contributed by atoms with Crippen molar-refractivity contribution in [2.45, 2.75) is 51.5 Å². The highest BCUT2D eigenvalue weighted by Gasteiger charge is 2.40. The molecule has 0 saturated heterocycles. The summed E-state index contributed by atoms with van der Waals surface area (Å²) in [7, 11) is -3.55. The molecule has 0 radical (unpaired) electrons. The minimum atomic E-state index is -1.77. The Labute approximate surface area is 175 Å². The molecule has 0 amide bonds. The maximum absolute atomic E-state index is 6.72. The number of hydrogen-bond donors (Lipinski definition) is 0. The summed E-state index contributed by atoms with van der Waals surface area (Å²) in [5.74, 6) is 0. The van der Waals surface area contributed by atoms with E-state index in [0.29, 0.717) is 0 Å². The van der Waals surface area contributed by atoms with Gasteiger partial charge >= 0.3 is 0 Å². The zero-order valence-corrected chi connectivity index (χ0v) is 21.4. The minimum Gasteiger partial charge on any atom is -0.408 e. The Morgan fingerprint density at radius 2 is 1.00 bits per heavy atom. The third-order valence-corrected chi connectivity index (χ3v) is 7.08.